The maximum atomic E-state index is 13.4. The highest BCUT2D eigenvalue weighted by Gasteiger charge is 2.47. The Morgan fingerprint density at radius 2 is 1.90 bits per heavy atom. The topological polar surface area (TPSA) is 65.8 Å². The van der Waals surface area contributed by atoms with E-state index < -0.39 is 6.04 Å². The molecular formula is C24H31N3O3. The minimum absolute atomic E-state index is 0.0275. The fraction of sp³-hybridized carbons (Fsp3) is 0.500. The number of carbonyl (C=O) groups is 2. The molecule has 1 N–H and O–H groups in total. The Hall–Kier alpha value is -2.60. The maximum absolute atomic E-state index is 13.4. The van der Waals surface area contributed by atoms with E-state index in [1.165, 1.54) is 6.42 Å². The van der Waals surface area contributed by atoms with Crippen LogP contribution in [0.1, 0.15) is 54.3 Å². The zero-order valence-corrected chi connectivity index (χ0v) is 17.8. The number of hydrogen-bond acceptors (Lipinski definition) is 4. The predicted molar refractivity (Wildman–Crippen MR) is 115 cm³/mol. The van der Waals surface area contributed by atoms with E-state index in [0.717, 1.165) is 31.4 Å². The summed E-state index contributed by atoms with van der Waals surface area (Å²) in [5, 5.41) is 3.11. The normalized spacial score (nSPS) is 24.5. The number of carbonyl (C=O) groups excluding carboxylic acids is 2. The Morgan fingerprint density at radius 1 is 1.13 bits per heavy atom. The Labute approximate surface area is 178 Å². The summed E-state index contributed by atoms with van der Waals surface area (Å²) in [5.74, 6) is 1.14. The number of amides is 2. The molecule has 4 unspecified atom stereocenters. The lowest BCUT2D eigenvalue weighted by molar-refractivity contribution is -0.125. The van der Waals surface area contributed by atoms with Crippen molar-refractivity contribution < 1.29 is 14.0 Å². The minimum atomic E-state index is -0.412. The van der Waals surface area contributed by atoms with Crippen LogP contribution in [0.4, 0.5) is 0 Å². The highest BCUT2D eigenvalue weighted by molar-refractivity contribution is 5.98. The molecule has 0 spiro atoms. The van der Waals surface area contributed by atoms with Crippen molar-refractivity contribution in [2.45, 2.75) is 50.2 Å². The van der Waals surface area contributed by atoms with Crippen LogP contribution in [0.2, 0.25) is 0 Å². The summed E-state index contributed by atoms with van der Waals surface area (Å²) in [6, 6.07) is 12.8. The van der Waals surface area contributed by atoms with Gasteiger partial charge < -0.3 is 14.6 Å². The van der Waals surface area contributed by atoms with Crippen molar-refractivity contribution in [3.8, 4) is 0 Å². The van der Waals surface area contributed by atoms with E-state index in [-0.39, 0.29) is 23.9 Å². The number of hydrogen-bond donors (Lipinski definition) is 1. The zero-order valence-electron chi connectivity index (χ0n) is 17.8. The van der Waals surface area contributed by atoms with Gasteiger partial charge in [-0.05, 0) is 63.5 Å². The highest BCUT2D eigenvalue weighted by atomic mass is 16.3. The van der Waals surface area contributed by atoms with E-state index in [1.54, 1.807) is 6.26 Å². The third-order valence-electron chi connectivity index (χ3n) is 6.61. The molecule has 1 aliphatic carbocycles. The summed E-state index contributed by atoms with van der Waals surface area (Å²) >= 11 is 0. The van der Waals surface area contributed by atoms with Crippen LogP contribution in [-0.2, 0) is 4.79 Å². The Bertz CT molecular complexity index is 850. The lowest BCUT2D eigenvalue weighted by Gasteiger charge is -2.34. The van der Waals surface area contributed by atoms with Crippen molar-refractivity contribution >= 4 is 11.8 Å². The molecule has 2 aromatic rings. The molecule has 1 aliphatic heterocycles. The number of benzene rings is 1. The maximum Gasteiger partial charge on any atom is 0.254 e. The third-order valence-corrected chi connectivity index (χ3v) is 6.61. The Kier molecular flexibility index (Phi) is 6.23. The second-order valence-electron chi connectivity index (χ2n) is 8.68. The van der Waals surface area contributed by atoms with Crippen molar-refractivity contribution in [2.75, 3.05) is 20.6 Å². The van der Waals surface area contributed by atoms with Crippen LogP contribution >= 0.6 is 0 Å². The fourth-order valence-electron chi connectivity index (χ4n) is 5.05. The largest absolute Gasteiger partial charge is 0.468 e. The van der Waals surface area contributed by atoms with Gasteiger partial charge in [0.15, 0.2) is 0 Å². The van der Waals surface area contributed by atoms with Crippen molar-refractivity contribution in [1.82, 2.24) is 15.1 Å². The number of nitrogens with zero attached hydrogens (tertiary/aromatic N) is 2. The number of nitrogens with one attached hydrogen (secondary N) is 1. The molecule has 30 heavy (non-hydrogen) atoms. The van der Waals surface area contributed by atoms with E-state index in [1.807, 2.05) is 66.4 Å². The molecule has 2 heterocycles. The van der Waals surface area contributed by atoms with Crippen molar-refractivity contribution in [2.24, 2.45) is 5.92 Å². The summed E-state index contributed by atoms with van der Waals surface area (Å²) in [6.07, 6.45) is 6.79. The molecule has 6 heteroatoms. The molecular weight excluding hydrogens is 378 g/mol. The number of furan rings is 1. The summed E-state index contributed by atoms with van der Waals surface area (Å²) in [6.45, 7) is 0.443. The standard InChI is InChI=1S/C24H31N3O3/c1-26(2)21(22-13-8-14-30-22)16-25-23(28)20-15-18-11-6-7-12-19(18)27(20)24(29)17-9-4-3-5-10-17/h3-5,8-10,13-14,18-21H,6-7,11-12,15-16H2,1-2H3,(H,25,28). The molecule has 1 saturated heterocycles. The van der Waals surface area contributed by atoms with Gasteiger partial charge in [0.2, 0.25) is 5.91 Å². The molecule has 1 aromatic carbocycles. The van der Waals surface area contributed by atoms with Crippen LogP contribution < -0.4 is 5.32 Å². The molecule has 0 radical (unpaired) electrons. The van der Waals surface area contributed by atoms with Crippen molar-refractivity contribution in [3.05, 3.63) is 60.1 Å². The van der Waals surface area contributed by atoms with Gasteiger partial charge in [0.25, 0.3) is 5.91 Å². The number of likely N-dealkylation sites (tertiary alicyclic amines) is 1. The smallest absolute Gasteiger partial charge is 0.254 e. The molecule has 2 amide bonds. The first-order chi connectivity index (χ1) is 14.6. The average Bonchev–Trinajstić information content (AvgIpc) is 3.42. The van der Waals surface area contributed by atoms with Gasteiger partial charge in [-0.25, -0.2) is 0 Å². The van der Waals surface area contributed by atoms with Gasteiger partial charge in [0, 0.05) is 18.2 Å². The van der Waals surface area contributed by atoms with Gasteiger partial charge in [0.1, 0.15) is 11.8 Å². The molecule has 2 aliphatic rings. The zero-order chi connectivity index (χ0) is 21.1. The van der Waals surface area contributed by atoms with Crippen LogP contribution in [0.5, 0.6) is 0 Å². The average molecular weight is 410 g/mol. The molecule has 1 saturated carbocycles. The third kappa shape index (κ3) is 4.15. The van der Waals surface area contributed by atoms with Crippen molar-refractivity contribution in [1.29, 1.82) is 0 Å². The Morgan fingerprint density at radius 3 is 2.60 bits per heavy atom. The number of fused-ring (bicyclic) bond motifs is 1. The predicted octanol–water partition coefficient (Wildman–Crippen LogP) is 3.47. The molecule has 6 nitrogen and oxygen atoms in total. The van der Waals surface area contributed by atoms with Crippen LogP contribution in [0.3, 0.4) is 0 Å². The fourth-order valence-corrected chi connectivity index (χ4v) is 5.05. The lowest BCUT2D eigenvalue weighted by Crippen LogP contribution is -2.50. The monoisotopic (exact) mass is 409 g/mol. The van der Waals surface area contributed by atoms with Crippen LogP contribution in [-0.4, -0.2) is 54.3 Å². The van der Waals surface area contributed by atoms with E-state index in [9.17, 15) is 9.59 Å². The first-order valence-electron chi connectivity index (χ1n) is 10.9. The van der Waals surface area contributed by atoms with Gasteiger partial charge in [-0.3, -0.25) is 14.5 Å². The van der Waals surface area contributed by atoms with Crippen LogP contribution in [0.15, 0.2) is 53.1 Å². The quantitative estimate of drug-likeness (QED) is 0.793. The van der Waals surface area contributed by atoms with Crippen LogP contribution in [0.25, 0.3) is 0 Å². The highest BCUT2D eigenvalue weighted by Crippen LogP contribution is 2.40. The van der Waals surface area contributed by atoms with E-state index in [2.05, 4.69) is 5.32 Å². The summed E-state index contributed by atoms with van der Waals surface area (Å²) in [5.41, 5.74) is 0.656. The number of rotatable bonds is 6. The van der Waals surface area contributed by atoms with Gasteiger partial charge in [-0.1, -0.05) is 31.0 Å². The second-order valence-corrected chi connectivity index (χ2v) is 8.68. The Balaban J connectivity index is 1.51. The number of likely N-dealkylation sites (N-methyl/N-ethyl adjacent to an activating group) is 1. The van der Waals surface area contributed by atoms with Crippen LogP contribution in [0, 0.1) is 5.92 Å². The first kappa shape index (κ1) is 20.7. The molecule has 2 fully saturated rings. The van der Waals surface area contributed by atoms with Gasteiger partial charge in [-0.2, -0.15) is 0 Å². The second kappa shape index (κ2) is 9.04. The summed E-state index contributed by atoms with van der Waals surface area (Å²) in [4.78, 5) is 30.6. The molecule has 160 valence electrons. The SMILES string of the molecule is CN(C)C(CNC(=O)C1CC2CCCCC2N1C(=O)c1ccccc1)c1ccco1. The minimum Gasteiger partial charge on any atom is -0.468 e. The molecule has 1 aromatic heterocycles. The lowest BCUT2D eigenvalue weighted by atomic mass is 9.84. The molecule has 4 rings (SSSR count). The van der Waals surface area contributed by atoms with E-state index in [4.69, 9.17) is 4.42 Å². The summed E-state index contributed by atoms with van der Waals surface area (Å²) in [7, 11) is 3.93. The van der Waals surface area contributed by atoms with Crippen molar-refractivity contribution in [3.63, 3.8) is 0 Å². The van der Waals surface area contributed by atoms with Gasteiger partial charge in [-0.15, -0.1) is 0 Å². The van der Waals surface area contributed by atoms with E-state index in [0.29, 0.717) is 18.0 Å². The van der Waals surface area contributed by atoms with Gasteiger partial charge in [0.05, 0.1) is 12.3 Å². The molecule has 0 bridgehead atoms. The summed E-state index contributed by atoms with van der Waals surface area (Å²) < 4.78 is 5.55. The van der Waals surface area contributed by atoms with Gasteiger partial charge >= 0.3 is 0 Å². The van der Waals surface area contributed by atoms with E-state index >= 15 is 0 Å². The molecule has 4 atom stereocenters. The first-order valence-corrected chi connectivity index (χ1v) is 10.9.